The maximum absolute atomic E-state index is 13.1. The fourth-order valence-electron chi connectivity index (χ4n) is 3.08. The average Bonchev–Trinajstić information content (AvgIpc) is 2.71. The standard InChI is InChI=1S/C25H34N2O2S/c1-18(2)16-26-25(29)21(5)27(17-22-8-6-7-20(4)15-22)24(28)13-14-30-23-11-9-19(3)10-12-23/h6-12,15,18,21H,13-14,16-17H2,1-5H3,(H,26,29). The summed E-state index contributed by atoms with van der Waals surface area (Å²) in [6.45, 7) is 11.1. The van der Waals surface area contributed by atoms with Gasteiger partial charge < -0.3 is 10.2 Å². The van der Waals surface area contributed by atoms with Gasteiger partial charge in [-0.05, 0) is 44.4 Å². The van der Waals surface area contributed by atoms with E-state index in [1.54, 1.807) is 16.7 Å². The zero-order chi connectivity index (χ0) is 22.1. The molecule has 0 spiro atoms. The number of nitrogens with zero attached hydrogens (tertiary/aromatic N) is 1. The second kappa shape index (κ2) is 11.8. The second-order valence-electron chi connectivity index (χ2n) is 8.24. The molecule has 0 aliphatic rings. The number of rotatable bonds is 10. The van der Waals surface area contributed by atoms with Crippen LogP contribution in [0.15, 0.2) is 53.4 Å². The van der Waals surface area contributed by atoms with E-state index < -0.39 is 6.04 Å². The molecule has 30 heavy (non-hydrogen) atoms. The molecule has 2 aromatic carbocycles. The Balaban J connectivity index is 2.05. The van der Waals surface area contributed by atoms with Crippen LogP contribution in [0, 0.1) is 19.8 Å². The minimum Gasteiger partial charge on any atom is -0.354 e. The molecule has 1 N–H and O–H groups in total. The van der Waals surface area contributed by atoms with Crippen molar-refractivity contribution < 1.29 is 9.59 Å². The molecule has 0 heterocycles. The molecule has 0 bridgehead atoms. The third-order valence-electron chi connectivity index (χ3n) is 4.89. The first-order valence-corrected chi connectivity index (χ1v) is 11.6. The topological polar surface area (TPSA) is 49.4 Å². The van der Waals surface area contributed by atoms with E-state index in [4.69, 9.17) is 0 Å². The van der Waals surface area contributed by atoms with Crippen molar-refractivity contribution in [2.45, 2.75) is 58.5 Å². The Labute approximate surface area is 185 Å². The Hall–Kier alpha value is -2.27. The monoisotopic (exact) mass is 426 g/mol. The molecule has 0 saturated carbocycles. The smallest absolute Gasteiger partial charge is 0.242 e. The summed E-state index contributed by atoms with van der Waals surface area (Å²) >= 11 is 1.67. The van der Waals surface area contributed by atoms with E-state index in [9.17, 15) is 9.59 Å². The van der Waals surface area contributed by atoms with E-state index in [0.29, 0.717) is 31.2 Å². The summed E-state index contributed by atoms with van der Waals surface area (Å²) in [5.41, 5.74) is 3.41. The van der Waals surface area contributed by atoms with Crippen LogP contribution in [-0.2, 0) is 16.1 Å². The molecule has 0 saturated heterocycles. The lowest BCUT2D eigenvalue weighted by molar-refractivity contribution is -0.140. The lowest BCUT2D eigenvalue weighted by Crippen LogP contribution is -2.48. The first kappa shape index (κ1) is 24.0. The molecule has 0 aliphatic carbocycles. The maximum Gasteiger partial charge on any atom is 0.242 e. The molecule has 4 nitrogen and oxygen atoms in total. The van der Waals surface area contributed by atoms with E-state index in [0.717, 1.165) is 16.0 Å². The summed E-state index contributed by atoms with van der Waals surface area (Å²) < 4.78 is 0. The molecule has 2 rings (SSSR count). The van der Waals surface area contributed by atoms with E-state index in [-0.39, 0.29) is 11.8 Å². The number of benzene rings is 2. The van der Waals surface area contributed by atoms with Crippen LogP contribution in [0.3, 0.4) is 0 Å². The molecular weight excluding hydrogens is 392 g/mol. The van der Waals surface area contributed by atoms with Crippen LogP contribution in [0.25, 0.3) is 0 Å². The molecule has 0 fully saturated rings. The molecular formula is C25H34N2O2S. The highest BCUT2D eigenvalue weighted by Crippen LogP contribution is 2.20. The molecule has 1 atom stereocenters. The summed E-state index contributed by atoms with van der Waals surface area (Å²) in [4.78, 5) is 28.6. The number of carbonyl (C=O) groups is 2. The van der Waals surface area contributed by atoms with Gasteiger partial charge in [-0.1, -0.05) is 61.4 Å². The predicted octanol–water partition coefficient (Wildman–Crippen LogP) is 4.98. The van der Waals surface area contributed by atoms with Gasteiger partial charge in [-0.25, -0.2) is 0 Å². The number of hydrogen-bond donors (Lipinski definition) is 1. The third kappa shape index (κ3) is 7.86. The van der Waals surface area contributed by atoms with Gasteiger partial charge in [0.1, 0.15) is 6.04 Å². The Morgan fingerprint density at radius 1 is 1.00 bits per heavy atom. The molecule has 2 aromatic rings. The van der Waals surface area contributed by atoms with E-state index >= 15 is 0 Å². The van der Waals surface area contributed by atoms with Crippen molar-refractivity contribution in [1.29, 1.82) is 0 Å². The lowest BCUT2D eigenvalue weighted by Gasteiger charge is -2.29. The normalized spacial score (nSPS) is 11.9. The Morgan fingerprint density at radius 2 is 1.70 bits per heavy atom. The maximum atomic E-state index is 13.1. The summed E-state index contributed by atoms with van der Waals surface area (Å²) in [5.74, 6) is 0.958. The van der Waals surface area contributed by atoms with E-state index in [1.165, 1.54) is 5.56 Å². The number of carbonyl (C=O) groups excluding carboxylic acids is 2. The van der Waals surface area contributed by atoms with Crippen LogP contribution >= 0.6 is 11.8 Å². The van der Waals surface area contributed by atoms with Crippen molar-refractivity contribution in [3.05, 3.63) is 65.2 Å². The molecule has 0 radical (unpaired) electrons. The minimum atomic E-state index is -0.513. The summed E-state index contributed by atoms with van der Waals surface area (Å²) in [6, 6.07) is 15.9. The van der Waals surface area contributed by atoms with Crippen LogP contribution in [0.5, 0.6) is 0 Å². The highest BCUT2D eigenvalue weighted by molar-refractivity contribution is 7.99. The van der Waals surface area contributed by atoms with Gasteiger partial charge in [0, 0.05) is 30.2 Å². The van der Waals surface area contributed by atoms with Gasteiger partial charge in [0.15, 0.2) is 0 Å². The molecule has 2 amide bonds. The quantitative estimate of drug-likeness (QED) is 0.546. The van der Waals surface area contributed by atoms with Gasteiger partial charge in [0.05, 0.1) is 0 Å². The van der Waals surface area contributed by atoms with Crippen molar-refractivity contribution in [2.75, 3.05) is 12.3 Å². The lowest BCUT2D eigenvalue weighted by atomic mass is 10.1. The number of nitrogens with one attached hydrogen (secondary N) is 1. The fourth-order valence-corrected chi connectivity index (χ4v) is 3.92. The van der Waals surface area contributed by atoms with Gasteiger partial charge >= 0.3 is 0 Å². The SMILES string of the molecule is Cc1ccc(SCCC(=O)N(Cc2cccc(C)c2)C(C)C(=O)NCC(C)C)cc1. The van der Waals surface area contributed by atoms with Crippen LogP contribution in [0.4, 0.5) is 0 Å². The average molecular weight is 427 g/mol. The summed E-state index contributed by atoms with van der Waals surface area (Å²) in [6.07, 6.45) is 0.395. The number of thioether (sulfide) groups is 1. The molecule has 5 heteroatoms. The van der Waals surface area contributed by atoms with E-state index in [1.807, 2.05) is 32.0 Å². The van der Waals surface area contributed by atoms with Gasteiger partial charge in [-0.15, -0.1) is 11.8 Å². The Kier molecular flexibility index (Phi) is 9.44. The molecule has 1 unspecified atom stereocenters. The highest BCUT2D eigenvalue weighted by Gasteiger charge is 2.25. The molecule has 162 valence electrons. The molecule has 0 aliphatic heterocycles. The summed E-state index contributed by atoms with van der Waals surface area (Å²) in [7, 11) is 0. The van der Waals surface area contributed by atoms with Crippen molar-refractivity contribution in [3.63, 3.8) is 0 Å². The largest absolute Gasteiger partial charge is 0.354 e. The predicted molar refractivity (Wildman–Crippen MR) is 126 cm³/mol. The van der Waals surface area contributed by atoms with Crippen molar-refractivity contribution in [1.82, 2.24) is 10.2 Å². The second-order valence-corrected chi connectivity index (χ2v) is 9.41. The molecule has 0 aromatic heterocycles. The number of hydrogen-bond acceptors (Lipinski definition) is 3. The van der Waals surface area contributed by atoms with E-state index in [2.05, 4.69) is 56.4 Å². The van der Waals surface area contributed by atoms with Crippen LogP contribution in [-0.4, -0.2) is 35.1 Å². The van der Waals surface area contributed by atoms with Gasteiger partial charge in [0.2, 0.25) is 11.8 Å². The summed E-state index contributed by atoms with van der Waals surface area (Å²) in [5, 5.41) is 2.96. The first-order chi connectivity index (χ1) is 14.3. The first-order valence-electron chi connectivity index (χ1n) is 10.6. The Bertz CT molecular complexity index is 833. The van der Waals surface area contributed by atoms with Crippen LogP contribution in [0.2, 0.25) is 0 Å². The van der Waals surface area contributed by atoms with Crippen LogP contribution < -0.4 is 5.32 Å². The van der Waals surface area contributed by atoms with Crippen molar-refractivity contribution in [2.24, 2.45) is 5.92 Å². The number of aryl methyl sites for hydroxylation is 2. The van der Waals surface area contributed by atoms with Crippen molar-refractivity contribution in [3.8, 4) is 0 Å². The zero-order valence-corrected chi connectivity index (χ0v) is 19.6. The Morgan fingerprint density at radius 3 is 2.33 bits per heavy atom. The van der Waals surface area contributed by atoms with Crippen molar-refractivity contribution >= 4 is 23.6 Å². The highest BCUT2D eigenvalue weighted by atomic mass is 32.2. The number of amides is 2. The fraction of sp³-hybridized carbons (Fsp3) is 0.440. The minimum absolute atomic E-state index is 0.00307. The van der Waals surface area contributed by atoms with Gasteiger partial charge in [-0.2, -0.15) is 0 Å². The van der Waals surface area contributed by atoms with Gasteiger partial charge in [-0.3, -0.25) is 9.59 Å². The van der Waals surface area contributed by atoms with Crippen LogP contribution in [0.1, 0.15) is 43.9 Å². The zero-order valence-electron chi connectivity index (χ0n) is 18.8. The van der Waals surface area contributed by atoms with Gasteiger partial charge in [0.25, 0.3) is 0 Å². The third-order valence-corrected chi connectivity index (χ3v) is 5.91.